The van der Waals surface area contributed by atoms with Crippen molar-refractivity contribution in [2.75, 3.05) is 6.61 Å². The monoisotopic (exact) mass is 225 g/mol. The van der Waals surface area contributed by atoms with Gasteiger partial charge in [-0.3, -0.25) is 0 Å². The van der Waals surface area contributed by atoms with Gasteiger partial charge in [-0.05, 0) is 26.2 Å². The number of nitrogens with one attached hydrogen (secondary N) is 1. The highest BCUT2D eigenvalue weighted by Crippen LogP contribution is 2.51. The van der Waals surface area contributed by atoms with Crippen LogP contribution in [0.1, 0.15) is 53.4 Å². The van der Waals surface area contributed by atoms with Crippen LogP contribution in [0.25, 0.3) is 0 Å². The van der Waals surface area contributed by atoms with Gasteiger partial charge in [0.1, 0.15) is 0 Å². The molecule has 2 fully saturated rings. The molecule has 1 aliphatic heterocycles. The summed E-state index contributed by atoms with van der Waals surface area (Å²) in [6, 6.07) is 1.32. The van der Waals surface area contributed by atoms with Crippen LogP contribution < -0.4 is 5.32 Å². The van der Waals surface area contributed by atoms with Crippen molar-refractivity contribution < 1.29 is 4.74 Å². The van der Waals surface area contributed by atoms with Crippen molar-refractivity contribution in [3.05, 3.63) is 0 Å². The van der Waals surface area contributed by atoms with Crippen molar-refractivity contribution in [2.45, 2.75) is 71.6 Å². The first-order valence-corrected chi connectivity index (χ1v) is 6.95. The van der Waals surface area contributed by atoms with E-state index in [2.05, 4.69) is 33.0 Å². The van der Waals surface area contributed by atoms with Crippen LogP contribution in [0, 0.1) is 11.3 Å². The maximum atomic E-state index is 5.92. The zero-order valence-electron chi connectivity index (χ0n) is 11.3. The molecule has 1 aliphatic carbocycles. The van der Waals surface area contributed by atoms with Gasteiger partial charge in [-0.15, -0.1) is 0 Å². The third-order valence-corrected chi connectivity index (χ3v) is 4.52. The summed E-state index contributed by atoms with van der Waals surface area (Å²) in [6.07, 6.45) is 5.66. The topological polar surface area (TPSA) is 21.3 Å². The fraction of sp³-hybridized carbons (Fsp3) is 1.00. The number of hydrogen-bond acceptors (Lipinski definition) is 2. The van der Waals surface area contributed by atoms with Crippen LogP contribution in [-0.2, 0) is 4.74 Å². The Labute approximate surface area is 100 Å². The van der Waals surface area contributed by atoms with Gasteiger partial charge >= 0.3 is 0 Å². The van der Waals surface area contributed by atoms with E-state index < -0.39 is 0 Å². The summed E-state index contributed by atoms with van der Waals surface area (Å²) in [5, 5.41) is 3.83. The van der Waals surface area contributed by atoms with E-state index in [0.717, 1.165) is 12.5 Å². The summed E-state index contributed by atoms with van der Waals surface area (Å²) in [7, 11) is 0. The van der Waals surface area contributed by atoms with Crippen LogP contribution in [0.5, 0.6) is 0 Å². The maximum absolute atomic E-state index is 5.92. The van der Waals surface area contributed by atoms with Crippen LogP contribution in [0.15, 0.2) is 0 Å². The molecule has 0 bridgehead atoms. The average molecular weight is 225 g/mol. The fourth-order valence-electron chi connectivity index (χ4n) is 3.68. The number of hydrogen-bond donors (Lipinski definition) is 1. The van der Waals surface area contributed by atoms with E-state index in [9.17, 15) is 0 Å². The van der Waals surface area contributed by atoms with Crippen LogP contribution in [0.3, 0.4) is 0 Å². The van der Waals surface area contributed by atoms with Gasteiger partial charge in [-0.2, -0.15) is 0 Å². The molecule has 2 nitrogen and oxygen atoms in total. The van der Waals surface area contributed by atoms with Crippen molar-refractivity contribution in [3.8, 4) is 0 Å². The third kappa shape index (κ3) is 2.02. The van der Waals surface area contributed by atoms with Gasteiger partial charge in [0.25, 0.3) is 0 Å². The molecule has 1 saturated carbocycles. The quantitative estimate of drug-likeness (QED) is 0.794. The summed E-state index contributed by atoms with van der Waals surface area (Å²) in [5.74, 6) is 0.767. The molecule has 0 spiro atoms. The van der Waals surface area contributed by atoms with Gasteiger partial charge in [-0.1, -0.05) is 27.2 Å². The molecule has 0 aromatic carbocycles. The molecule has 2 rings (SSSR count). The Bertz CT molecular complexity index is 239. The van der Waals surface area contributed by atoms with Gasteiger partial charge in [0.15, 0.2) is 0 Å². The molecule has 1 heterocycles. The molecule has 94 valence electrons. The van der Waals surface area contributed by atoms with E-state index in [0.29, 0.717) is 23.6 Å². The van der Waals surface area contributed by atoms with Crippen molar-refractivity contribution in [1.29, 1.82) is 0 Å². The Morgan fingerprint density at radius 2 is 2.19 bits per heavy atom. The molecule has 0 aromatic rings. The molecule has 1 N–H and O–H groups in total. The van der Waals surface area contributed by atoms with E-state index in [1.807, 2.05) is 0 Å². The number of ether oxygens (including phenoxy) is 1. The second-order valence-electron chi connectivity index (χ2n) is 6.25. The van der Waals surface area contributed by atoms with E-state index in [4.69, 9.17) is 4.74 Å². The zero-order chi connectivity index (χ0) is 11.8. The van der Waals surface area contributed by atoms with Crippen molar-refractivity contribution in [1.82, 2.24) is 5.32 Å². The van der Waals surface area contributed by atoms with E-state index in [-0.39, 0.29) is 0 Å². The van der Waals surface area contributed by atoms with E-state index in [1.165, 1.54) is 25.7 Å². The molecule has 4 unspecified atom stereocenters. The minimum Gasteiger partial charge on any atom is -0.377 e. The minimum atomic E-state index is 0.326. The number of rotatable bonds is 4. The van der Waals surface area contributed by atoms with Crippen LogP contribution in [0.2, 0.25) is 0 Å². The lowest BCUT2D eigenvalue weighted by Crippen LogP contribution is -2.70. The van der Waals surface area contributed by atoms with Crippen LogP contribution in [-0.4, -0.2) is 24.8 Å². The molecule has 2 heteroatoms. The Hall–Kier alpha value is -0.0800. The van der Waals surface area contributed by atoms with Crippen LogP contribution >= 0.6 is 0 Å². The van der Waals surface area contributed by atoms with Gasteiger partial charge < -0.3 is 10.1 Å². The normalized spacial score (nSPS) is 38.6. The van der Waals surface area contributed by atoms with Crippen molar-refractivity contribution >= 4 is 0 Å². The largest absolute Gasteiger partial charge is 0.377 e. The van der Waals surface area contributed by atoms with Gasteiger partial charge in [0.2, 0.25) is 0 Å². The van der Waals surface area contributed by atoms with Gasteiger partial charge in [0, 0.05) is 30.0 Å². The lowest BCUT2D eigenvalue weighted by Gasteiger charge is -2.60. The van der Waals surface area contributed by atoms with Crippen molar-refractivity contribution in [2.24, 2.45) is 11.3 Å². The molecule has 0 amide bonds. The zero-order valence-corrected chi connectivity index (χ0v) is 11.3. The minimum absolute atomic E-state index is 0.326. The second kappa shape index (κ2) is 4.66. The maximum Gasteiger partial charge on any atom is 0.0684 e. The summed E-state index contributed by atoms with van der Waals surface area (Å²) in [5.41, 5.74) is 0.326. The predicted octanol–water partition coefficient (Wildman–Crippen LogP) is 2.97. The second-order valence-corrected chi connectivity index (χ2v) is 6.25. The summed E-state index contributed by atoms with van der Waals surface area (Å²) in [4.78, 5) is 0. The molecule has 0 aromatic heterocycles. The summed E-state index contributed by atoms with van der Waals surface area (Å²) < 4.78 is 5.92. The Balaban J connectivity index is 1.93. The fourth-order valence-corrected chi connectivity index (χ4v) is 3.68. The molecular weight excluding hydrogens is 198 g/mol. The van der Waals surface area contributed by atoms with Crippen molar-refractivity contribution in [3.63, 3.8) is 0 Å². The first-order valence-electron chi connectivity index (χ1n) is 6.95. The average Bonchev–Trinajstić information content (AvgIpc) is 2.26. The predicted molar refractivity (Wildman–Crippen MR) is 67.5 cm³/mol. The Kier molecular flexibility index (Phi) is 3.60. The molecule has 4 atom stereocenters. The standard InChI is InChI=1S/C14H27NO/c1-5-7-10(2)15-12-11-8-6-9-16-13(11)14(12,3)4/h10-13,15H,5-9H2,1-4H3. The molecule has 0 radical (unpaired) electrons. The molecule has 1 saturated heterocycles. The van der Waals surface area contributed by atoms with Gasteiger partial charge in [-0.25, -0.2) is 0 Å². The SMILES string of the molecule is CCCC(C)NC1C2CCCOC2C1(C)C. The first-order chi connectivity index (χ1) is 7.57. The van der Waals surface area contributed by atoms with Crippen LogP contribution in [0.4, 0.5) is 0 Å². The lowest BCUT2D eigenvalue weighted by atomic mass is 9.55. The first kappa shape index (κ1) is 12.4. The Morgan fingerprint density at radius 3 is 2.88 bits per heavy atom. The van der Waals surface area contributed by atoms with E-state index >= 15 is 0 Å². The highest BCUT2D eigenvalue weighted by Gasteiger charge is 2.57. The summed E-state index contributed by atoms with van der Waals surface area (Å²) in [6.45, 7) is 10.3. The molecular formula is C14H27NO. The lowest BCUT2D eigenvalue weighted by molar-refractivity contribution is -0.194. The summed E-state index contributed by atoms with van der Waals surface area (Å²) >= 11 is 0. The number of fused-ring (bicyclic) bond motifs is 1. The van der Waals surface area contributed by atoms with Gasteiger partial charge in [0.05, 0.1) is 6.10 Å². The third-order valence-electron chi connectivity index (χ3n) is 4.52. The smallest absolute Gasteiger partial charge is 0.0684 e. The van der Waals surface area contributed by atoms with E-state index in [1.54, 1.807) is 0 Å². The Morgan fingerprint density at radius 1 is 1.44 bits per heavy atom. The highest BCUT2D eigenvalue weighted by atomic mass is 16.5. The highest BCUT2D eigenvalue weighted by molar-refractivity contribution is 5.10. The molecule has 2 aliphatic rings. The molecule has 16 heavy (non-hydrogen) atoms.